The summed E-state index contributed by atoms with van der Waals surface area (Å²) in [7, 11) is 0. The lowest BCUT2D eigenvalue weighted by Crippen LogP contribution is -2.41. The Labute approximate surface area is 136 Å². The molecule has 1 heterocycles. The van der Waals surface area contributed by atoms with E-state index in [2.05, 4.69) is 16.5 Å². The molecule has 1 aromatic carbocycles. The smallest absolute Gasteiger partial charge is 0.138 e. The minimum atomic E-state index is -0.182. The molecule has 20 heavy (non-hydrogen) atoms. The number of benzene rings is 1. The van der Waals surface area contributed by atoms with Crippen LogP contribution in [0, 0.1) is 9.39 Å². The lowest BCUT2D eigenvalue weighted by molar-refractivity contribution is 0.137. The number of hydrogen-bond donors (Lipinski definition) is 0. The van der Waals surface area contributed by atoms with Gasteiger partial charge < -0.3 is 4.57 Å². The van der Waals surface area contributed by atoms with Crippen LogP contribution in [0.2, 0.25) is 0 Å². The molecule has 0 spiro atoms. The fraction of sp³-hybridized carbons (Fsp3) is 0.533. The average Bonchev–Trinajstić information content (AvgIpc) is 2.69. The van der Waals surface area contributed by atoms with Crippen molar-refractivity contribution in [3.63, 3.8) is 0 Å². The molecule has 1 saturated carbocycles. The number of fused-ring (bicyclic) bond motifs is 1. The van der Waals surface area contributed by atoms with E-state index < -0.39 is 0 Å². The number of rotatable bonds is 3. The van der Waals surface area contributed by atoms with E-state index in [9.17, 15) is 4.39 Å². The van der Waals surface area contributed by atoms with E-state index >= 15 is 0 Å². The van der Waals surface area contributed by atoms with Crippen molar-refractivity contribution in [2.24, 2.45) is 0 Å². The molecule has 1 fully saturated rings. The number of halogens is 3. The van der Waals surface area contributed by atoms with E-state index in [0.29, 0.717) is 3.57 Å². The molecular weight excluding hydrogens is 390 g/mol. The maximum absolute atomic E-state index is 14.0. The molecule has 0 aliphatic heterocycles. The maximum Gasteiger partial charge on any atom is 0.138 e. The van der Waals surface area contributed by atoms with Gasteiger partial charge in [-0.2, -0.15) is 0 Å². The van der Waals surface area contributed by atoms with E-state index in [1.54, 1.807) is 6.07 Å². The number of alkyl halides is 1. The predicted octanol–water partition coefficient (Wildman–Crippen LogP) is 5.37. The fourth-order valence-corrected chi connectivity index (χ4v) is 3.77. The van der Waals surface area contributed by atoms with Crippen molar-refractivity contribution in [2.75, 3.05) is 0 Å². The summed E-state index contributed by atoms with van der Waals surface area (Å²) in [6.45, 7) is 4.12. The topological polar surface area (TPSA) is 17.8 Å². The van der Waals surface area contributed by atoms with Crippen LogP contribution in [-0.4, -0.2) is 9.55 Å². The third-order valence-corrected chi connectivity index (χ3v) is 5.52. The standard InChI is InChI=1S/C15H17ClFIN2/c1-3-15(5-4-6-15)20-13-7-10(17)11(18)8-12(13)19-14(20)9(2)16/h7-9H,3-6H2,1-2H3. The third-order valence-electron chi connectivity index (χ3n) is 4.49. The minimum Gasteiger partial charge on any atom is -0.320 e. The second-order valence-electron chi connectivity index (χ2n) is 5.61. The summed E-state index contributed by atoms with van der Waals surface area (Å²) >= 11 is 8.33. The van der Waals surface area contributed by atoms with Gasteiger partial charge in [-0.05, 0) is 61.3 Å². The van der Waals surface area contributed by atoms with E-state index in [-0.39, 0.29) is 16.7 Å². The quantitative estimate of drug-likeness (QED) is 0.495. The zero-order chi connectivity index (χ0) is 14.5. The van der Waals surface area contributed by atoms with Crippen LogP contribution >= 0.6 is 34.2 Å². The molecule has 1 atom stereocenters. The van der Waals surface area contributed by atoms with Gasteiger partial charge in [0, 0.05) is 11.6 Å². The molecule has 3 rings (SSSR count). The van der Waals surface area contributed by atoms with Crippen LogP contribution in [0.1, 0.15) is 50.7 Å². The first kappa shape index (κ1) is 14.6. The van der Waals surface area contributed by atoms with Crippen molar-refractivity contribution in [3.8, 4) is 0 Å². The molecule has 1 unspecified atom stereocenters. The molecule has 0 saturated heterocycles. The van der Waals surface area contributed by atoms with Gasteiger partial charge in [0.25, 0.3) is 0 Å². The second kappa shape index (κ2) is 5.13. The van der Waals surface area contributed by atoms with E-state index in [1.165, 1.54) is 6.42 Å². The molecular formula is C15H17ClFIN2. The fourth-order valence-electron chi connectivity index (χ4n) is 3.18. The highest BCUT2D eigenvalue weighted by atomic mass is 127. The SMILES string of the molecule is CCC1(n2c(C(C)Cl)nc3cc(I)c(F)cc32)CCC1. The second-order valence-corrected chi connectivity index (χ2v) is 7.42. The maximum atomic E-state index is 14.0. The molecule has 2 nitrogen and oxygen atoms in total. The Morgan fingerprint density at radius 3 is 2.70 bits per heavy atom. The van der Waals surface area contributed by atoms with Crippen LogP contribution in [-0.2, 0) is 5.54 Å². The average molecular weight is 407 g/mol. The largest absolute Gasteiger partial charge is 0.320 e. The molecule has 1 aliphatic rings. The number of imidazole rings is 1. The van der Waals surface area contributed by atoms with Gasteiger partial charge in [0.05, 0.1) is 20.0 Å². The number of nitrogens with zero attached hydrogens (tertiary/aromatic N) is 2. The number of aromatic nitrogens is 2. The van der Waals surface area contributed by atoms with Crippen molar-refractivity contribution >= 4 is 45.2 Å². The van der Waals surface area contributed by atoms with Crippen molar-refractivity contribution < 1.29 is 4.39 Å². The Bertz CT molecular complexity index is 656. The van der Waals surface area contributed by atoms with E-state index in [1.807, 2.05) is 35.6 Å². The first-order valence-electron chi connectivity index (χ1n) is 7.00. The van der Waals surface area contributed by atoms with Gasteiger partial charge in [-0.15, -0.1) is 11.6 Å². The van der Waals surface area contributed by atoms with Gasteiger partial charge in [0.15, 0.2) is 0 Å². The molecule has 0 radical (unpaired) electrons. The van der Waals surface area contributed by atoms with Crippen LogP contribution in [0.15, 0.2) is 12.1 Å². The van der Waals surface area contributed by atoms with Gasteiger partial charge in [-0.1, -0.05) is 6.92 Å². The van der Waals surface area contributed by atoms with Crippen LogP contribution in [0.4, 0.5) is 4.39 Å². The zero-order valence-corrected chi connectivity index (χ0v) is 14.5. The monoisotopic (exact) mass is 406 g/mol. The Balaban J connectivity index is 2.32. The van der Waals surface area contributed by atoms with Gasteiger partial charge >= 0.3 is 0 Å². The lowest BCUT2D eigenvalue weighted by atomic mass is 9.74. The van der Waals surface area contributed by atoms with Gasteiger partial charge in [0.2, 0.25) is 0 Å². The lowest BCUT2D eigenvalue weighted by Gasteiger charge is -2.44. The van der Waals surface area contributed by atoms with Crippen LogP contribution in [0.3, 0.4) is 0 Å². The molecule has 0 bridgehead atoms. The molecule has 1 aromatic heterocycles. The Kier molecular flexibility index (Phi) is 3.73. The van der Waals surface area contributed by atoms with Crippen molar-refractivity contribution in [1.29, 1.82) is 0 Å². The van der Waals surface area contributed by atoms with Crippen molar-refractivity contribution in [2.45, 2.75) is 50.4 Å². The minimum absolute atomic E-state index is 0.0759. The van der Waals surface area contributed by atoms with Crippen molar-refractivity contribution in [1.82, 2.24) is 9.55 Å². The molecule has 5 heteroatoms. The first-order valence-corrected chi connectivity index (χ1v) is 8.52. The molecule has 1 aliphatic carbocycles. The normalized spacial score (nSPS) is 19.1. The van der Waals surface area contributed by atoms with Crippen LogP contribution in [0.5, 0.6) is 0 Å². The first-order chi connectivity index (χ1) is 9.48. The summed E-state index contributed by atoms with van der Waals surface area (Å²) in [6.07, 6.45) is 4.50. The molecule has 0 N–H and O–H groups in total. The third kappa shape index (κ3) is 2.06. The Morgan fingerprint density at radius 1 is 1.50 bits per heavy atom. The predicted molar refractivity (Wildman–Crippen MR) is 88.8 cm³/mol. The molecule has 0 amide bonds. The highest BCUT2D eigenvalue weighted by Gasteiger charge is 2.40. The van der Waals surface area contributed by atoms with Gasteiger partial charge in [-0.3, -0.25) is 0 Å². The summed E-state index contributed by atoms with van der Waals surface area (Å²) < 4.78 is 16.8. The highest BCUT2D eigenvalue weighted by molar-refractivity contribution is 14.1. The van der Waals surface area contributed by atoms with Crippen LogP contribution in [0.25, 0.3) is 11.0 Å². The summed E-state index contributed by atoms with van der Waals surface area (Å²) in [5.74, 6) is 0.684. The summed E-state index contributed by atoms with van der Waals surface area (Å²) in [5, 5.41) is -0.174. The highest BCUT2D eigenvalue weighted by Crippen LogP contribution is 2.46. The van der Waals surface area contributed by atoms with E-state index in [0.717, 1.165) is 36.1 Å². The molecule has 2 aromatic rings. The zero-order valence-electron chi connectivity index (χ0n) is 11.6. The van der Waals surface area contributed by atoms with Crippen LogP contribution < -0.4 is 0 Å². The summed E-state index contributed by atoms with van der Waals surface area (Å²) in [4.78, 5) is 4.67. The summed E-state index contributed by atoms with van der Waals surface area (Å²) in [6, 6.07) is 3.43. The van der Waals surface area contributed by atoms with Crippen molar-refractivity contribution in [3.05, 3.63) is 27.3 Å². The Hall–Kier alpha value is -0.360. The number of hydrogen-bond acceptors (Lipinski definition) is 1. The van der Waals surface area contributed by atoms with Gasteiger partial charge in [-0.25, -0.2) is 9.37 Å². The Morgan fingerprint density at radius 2 is 2.20 bits per heavy atom. The molecule has 108 valence electrons. The summed E-state index contributed by atoms with van der Waals surface area (Å²) in [5.41, 5.74) is 1.80. The van der Waals surface area contributed by atoms with Gasteiger partial charge in [0.1, 0.15) is 11.6 Å². The van der Waals surface area contributed by atoms with E-state index in [4.69, 9.17) is 11.6 Å².